The Labute approximate surface area is 87.8 Å². The minimum Gasteiger partial charge on any atom is -0.497 e. The van der Waals surface area contributed by atoms with Crippen molar-refractivity contribution in [3.05, 3.63) is 29.6 Å². The maximum absolute atomic E-state index is 13.4. The number of hydrogen-bond donors (Lipinski definition) is 0. The van der Waals surface area contributed by atoms with Crippen molar-refractivity contribution < 1.29 is 18.7 Å². The third kappa shape index (κ3) is 3.02. The maximum atomic E-state index is 13.4. The van der Waals surface area contributed by atoms with Gasteiger partial charge in [0.2, 0.25) is 0 Å². The molecule has 0 amide bonds. The van der Waals surface area contributed by atoms with Crippen molar-refractivity contribution in [2.24, 2.45) is 0 Å². The van der Waals surface area contributed by atoms with Crippen LogP contribution in [0.2, 0.25) is 0 Å². The molecule has 0 saturated carbocycles. The zero-order valence-corrected chi connectivity index (χ0v) is 8.75. The zero-order valence-electron chi connectivity index (χ0n) is 8.75. The van der Waals surface area contributed by atoms with Gasteiger partial charge in [0, 0.05) is 19.6 Å². The van der Waals surface area contributed by atoms with Crippen molar-refractivity contribution >= 4 is 5.78 Å². The first-order valence-corrected chi connectivity index (χ1v) is 4.54. The smallest absolute Gasteiger partial charge is 0.168 e. The van der Waals surface area contributed by atoms with E-state index in [0.29, 0.717) is 12.4 Å². The number of Topliss-reactive ketones (excluding diaryl/α,β-unsaturated/α-hetero) is 1. The van der Waals surface area contributed by atoms with E-state index < -0.39 is 5.82 Å². The number of halogens is 1. The van der Waals surface area contributed by atoms with Crippen LogP contribution in [0.3, 0.4) is 0 Å². The molecule has 0 heterocycles. The Morgan fingerprint density at radius 2 is 2.13 bits per heavy atom. The predicted octanol–water partition coefficient (Wildman–Crippen LogP) is 2.05. The number of carbonyl (C=O) groups excluding carboxylic acids is 1. The van der Waals surface area contributed by atoms with Crippen molar-refractivity contribution in [2.75, 3.05) is 20.8 Å². The highest BCUT2D eigenvalue weighted by molar-refractivity contribution is 5.96. The Hall–Kier alpha value is -1.42. The molecule has 0 aliphatic heterocycles. The Kier molecular flexibility index (Phi) is 4.24. The molecule has 0 spiro atoms. The van der Waals surface area contributed by atoms with Crippen molar-refractivity contribution in [1.29, 1.82) is 0 Å². The van der Waals surface area contributed by atoms with Crippen LogP contribution in [0, 0.1) is 5.82 Å². The van der Waals surface area contributed by atoms with Gasteiger partial charge in [-0.25, -0.2) is 4.39 Å². The Balaban J connectivity index is 2.81. The average molecular weight is 212 g/mol. The summed E-state index contributed by atoms with van der Waals surface area (Å²) < 4.78 is 23.0. The molecule has 0 aromatic heterocycles. The van der Waals surface area contributed by atoms with E-state index in [9.17, 15) is 9.18 Å². The molecular weight excluding hydrogens is 199 g/mol. The molecule has 0 aliphatic rings. The van der Waals surface area contributed by atoms with E-state index in [1.54, 1.807) is 6.07 Å². The second-order valence-electron chi connectivity index (χ2n) is 3.01. The van der Waals surface area contributed by atoms with Gasteiger partial charge in [0.25, 0.3) is 0 Å². The number of ether oxygens (including phenoxy) is 2. The van der Waals surface area contributed by atoms with E-state index in [2.05, 4.69) is 0 Å². The second kappa shape index (κ2) is 5.46. The van der Waals surface area contributed by atoms with E-state index >= 15 is 0 Å². The Morgan fingerprint density at radius 3 is 2.67 bits per heavy atom. The van der Waals surface area contributed by atoms with E-state index in [0.717, 1.165) is 0 Å². The van der Waals surface area contributed by atoms with Gasteiger partial charge in [0.15, 0.2) is 5.78 Å². The number of ketones is 1. The maximum Gasteiger partial charge on any atom is 0.168 e. The molecule has 1 aromatic rings. The lowest BCUT2D eigenvalue weighted by Gasteiger charge is -2.04. The minimum absolute atomic E-state index is 0.0767. The fourth-order valence-electron chi connectivity index (χ4n) is 1.18. The topological polar surface area (TPSA) is 35.5 Å². The van der Waals surface area contributed by atoms with Gasteiger partial charge in [-0.2, -0.15) is 0 Å². The molecule has 0 N–H and O–H groups in total. The molecule has 0 fully saturated rings. The van der Waals surface area contributed by atoms with Gasteiger partial charge in [-0.15, -0.1) is 0 Å². The summed E-state index contributed by atoms with van der Waals surface area (Å²) in [5.74, 6) is -0.428. The first-order chi connectivity index (χ1) is 7.19. The van der Waals surface area contributed by atoms with E-state index in [1.807, 2.05) is 0 Å². The van der Waals surface area contributed by atoms with Crippen LogP contribution in [0.15, 0.2) is 18.2 Å². The van der Waals surface area contributed by atoms with Crippen LogP contribution in [0.4, 0.5) is 4.39 Å². The van der Waals surface area contributed by atoms with E-state index in [4.69, 9.17) is 9.47 Å². The fourth-order valence-corrected chi connectivity index (χ4v) is 1.18. The standard InChI is InChI=1S/C11H13FO3/c1-14-6-5-11(13)9-4-3-8(15-2)7-10(9)12/h3-4,7H,5-6H2,1-2H3. The zero-order chi connectivity index (χ0) is 11.3. The van der Waals surface area contributed by atoms with Gasteiger partial charge >= 0.3 is 0 Å². The third-order valence-electron chi connectivity index (χ3n) is 2.01. The van der Waals surface area contributed by atoms with Crippen LogP contribution < -0.4 is 4.74 Å². The second-order valence-corrected chi connectivity index (χ2v) is 3.01. The van der Waals surface area contributed by atoms with Crippen molar-refractivity contribution in [3.8, 4) is 5.75 Å². The van der Waals surface area contributed by atoms with Crippen LogP contribution in [-0.4, -0.2) is 26.6 Å². The number of methoxy groups -OCH3 is 2. The predicted molar refractivity (Wildman–Crippen MR) is 53.8 cm³/mol. The Morgan fingerprint density at radius 1 is 1.40 bits per heavy atom. The fraction of sp³-hybridized carbons (Fsp3) is 0.364. The number of benzene rings is 1. The van der Waals surface area contributed by atoms with E-state index in [1.165, 1.54) is 26.4 Å². The van der Waals surface area contributed by atoms with Crippen molar-refractivity contribution in [2.45, 2.75) is 6.42 Å². The van der Waals surface area contributed by atoms with Crippen LogP contribution in [0.25, 0.3) is 0 Å². The van der Waals surface area contributed by atoms with Crippen molar-refractivity contribution in [1.82, 2.24) is 0 Å². The van der Waals surface area contributed by atoms with Crippen LogP contribution >= 0.6 is 0 Å². The molecule has 0 radical (unpaired) electrons. The summed E-state index contributed by atoms with van der Waals surface area (Å²) in [4.78, 5) is 11.5. The molecule has 82 valence electrons. The summed E-state index contributed by atoms with van der Waals surface area (Å²) >= 11 is 0. The van der Waals surface area contributed by atoms with Crippen molar-refractivity contribution in [3.63, 3.8) is 0 Å². The summed E-state index contributed by atoms with van der Waals surface area (Å²) in [6.45, 7) is 0.296. The first kappa shape index (κ1) is 11.7. The quantitative estimate of drug-likeness (QED) is 0.701. The molecule has 0 bridgehead atoms. The third-order valence-corrected chi connectivity index (χ3v) is 2.01. The van der Waals surface area contributed by atoms with Gasteiger partial charge in [-0.1, -0.05) is 0 Å². The van der Waals surface area contributed by atoms with E-state index in [-0.39, 0.29) is 17.8 Å². The minimum atomic E-state index is -0.560. The monoisotopic (exact) mass is 212 g/mol. The molecule has 4 heteroatoms. The molecule has 0 saturated heterocycles. The largest absolute Gasteiger partial charge is 0.497 e. The summed E-state index contributed by atoms with van der Waals surface area (Å²) in [5.41, 5.74) is 0.0767. The molecule has 15 heavy (non-hydrogen) atoms. The first-order valence-electron chi connectivity index (χ1n) is 4.54. The lowest BCUT2D eigenvalue weighted by molar-refractivity contribution is 0.0928. The molecule has 0 unspecified atom stereocenters. The molecular formula is C11H13FO3. The lowest BCUT2D eigenvalue weighted by atomic mass is 10.1. The normalized spacial score (nSPS) is 10.1. The SMILES string of the molecule is COCCC(=O)c1ccc(OC)cc1F. The van der Waals surface area contributed by atoms with Gasteiger partial charge in [0.1, 0.15) is 11.6 Å². The lowest BCUT2D eigenvalue weighted by Crippen LogP contribution is -2.05. The molecule has 0 atom stereocenters. The Bertz CT molecular complexity index is 350. The van der Waals surface area contributed by atoms with Gasteiger partial charge < -0.3 is 9.47 Å². The molecule has 1 rings (SSSR count). The summed E-state index contributed by atoms with van der Waals surface area (Å²) in [5, 5.41) is 0. The van der Waals surface area contributed by atoms with Crippen LogP contribution in [0.5, 0.6) is 5.75 Å². The highest BCUT2D eigenvalue weighted by atomic mass is 19.1. The molecule has 0 aliphatic carbocycles. The van der Waals surface area contributed by atoms with Crippen LogP contribution in [0.1, 0.15) is 16.8 Å². The highest BCUT2D eigenvalue weighted by Gasteiger charge is 2.11. The number of rotatable bonds is 5. The van der Waals surface area contributed by atoms with Gasteiger partial charge in [0.05, 0.1) is 19.3 Å². The summed E-state index contributed by atoms with van der Waals surface area (Å²) in [7, 11) is 2.94. The van der Waals surface area contributed by atoms with Crippen LogP contribution in [-0.2, 0) is 4.74 Å². The van der Waals surface area contributed by atoms with Gasteiger partial charge in [-0.3, -0.25) is 4.79 Å². The summed E-state index contributed by atoms with van der Waals surface area (Å²) in [6, 6.07) is 4.18. The molecule has 1 aromatic carbocycles. The summed E-state index contributed by atoms with van der Waals surface area (Å²) in [6.07, 6.45) is 0.180. The number of hydrogen-bond acceptors (Lipinski definition) is 3. The highest BCUT2D eigenvalue weighted by Crippen LogP contribution is 2.17. The molecule has 3 nitrogen and oxygen atoms in total. The van der Waals surface area contributed by atoms with Gasteiger partial charge in [-0.05, 0) is 12.1 Å². The number of carbonyl (C=O) groups is 1. The average Bonchev–Trinajstić information content (AvgIpc) is 2.25.